The van der Waals surface area contributed by atoms with Gasteiger partial charge in [0.25, 0.3) is 6.43 Å². The number of halogens is 2. The average molecular weight is 441 g/mol. The van der Waals surface area contributed by atoms with Gasteiger partial charge in [-0.25, -0.2) is 13.5 Å². The summed E-state index contributed by atoms with van der Waals surface area (Å²) in [5.41, 5.74) is 1.61. The number of ether oxygens (including phenoxy) is 1. The lowest BCUT2D eigenvalue weighted by atomic mass is 9.78. The fourth-order valence-electron chi connectivity index (χ4n) is 4.08. The summed E-state index contributed by atoms with van der Waals surface area (Å²) in [6, 6.07) is 9.40. The predicted octanol–water partition coefficient (Wildman–Crippen LogP) is 2.21. The highest BCUT2D eigenvalue weighted by atomic mass is 19.3. The first-order chi connectivity index (χ1) is 15.4. The van der Waals surface area contributed by atoms with E-state index in [0.29, 0.717) is 41.9 Å². The van der Waals surface area contributed by atoms with Crippen LogP contribution in [-0.2, 0) is 11.4 Å². The smallest absolute Gasteiger partial charge is 0.263 e. The Bertz CT molecular complexity index is 1130. The molecule has 1 aromatic carbocycles. The number of aromatic nitrogens is 5. The molecule has 0 atom stereocenters. The normalized spacial score (nSPS) is 17.0. The zero-order valence-corrected chi connectivity index (χ0v) is 17.3. The lowest BCUT2D eigenvalue weighted by molar-refractivity contribution is -0.128. The van der Waals surface area contributed by atoms with Crippen LogP contribution in [0.1, 0.15) is 29.8 Å². The van der Waals surface area contributed by atoms with Crippen LogP contribution in [0.3, 0.4) is 0 Å². The van der Waals surface area contributed by atoms with Crippen LogP contribution >= 0.6 is 0 Å². The number of nitrogens with zero attached hydrogens (tertiary/aromatic N) is 6. The van der Waals surface area contributed by atoms with Gasteiger partial charge in [-0.15, -0.1) is 15.3 Å². The van der Waals surface area contributed by atoms with Gasteiger partial charge >= 0.3 is 0 Å². The first-order valence-corrected chi connectivity index (χ1v) is 10.2. The molecule has 11 heteroatoms. The number of hydrogen-bond acceptors (Lipinski definition) is 7. The van der Waals surface area contributed by atoms with Crippen LogP contribution < -0.4 is 15.0 Å². The molecule has 0 bridgehead atoms. The molecule has 2 saturated heterocycles. The summed E-state index contributed by atoms with van der Waals surface area (Å²) in [5.74, 6) is 1.15. The van der Waals surface area contributed by atoms with E-state index in [4.69, 9.17) is 4.74 Å². The predicted molar refractivity (Wildman–Crippen MR) is 110 cm³/mol. The summed E-state index contributed by atoms with van der Waals surface area (Å²) in [4.78, 5) is 14.0. The molecule has 1 amide bonds. The molecule has 4 heterocycles. The number of nitrogens with one attached hydrogen (secondary N) is 1. The van der Waals surface area contributed by atoms with Crippen molar-refractivity contribution >= 4 is 11.7 Å². The Kier molecular flexibility index (Phi) is 4.95. The van der Waals surface area contributed by atoms with Crippen molar-refractivity contribution in [1.29, 1.82) is 0 Å². The van der Waals surface area contributed by atoms with Crippen LogP contribution in [-0.4, -0.2) is 50.7 Å². The molecule has 0 aliphatic carbocycles. The van der Waals surface area contributed by atoms with E-state index in [9.17, 15) is 13.6 Å². The second-order valence-electron chi connectivity index (χ2n) is 8.09. The average Bonchev–Trinajstić information content (AvgIpc) is 3.34. The molecule has 0 saturated carbocycles. The summed E-state index contributed by atoms with van der Waals surface area (Å²) >= 11 is 0. The highest BCUT2D eigenvalue weighted by Crippen LogP contribution is 2.39. The van der Waals surface area contributed by atoms with Gasteiger partial charge in [-0.05, 0) is 31.5 Å². The number of hydrogen-bond donors (Lipinski definition) is 1. The van der Waals surface area contributed by atoms with Gasteiger partial charge in [0.2, 0.25) is 11.8 Å². The quantitative estimate of drug-likeness (QED) is 0.626. The Morgan fingerprint density at radius 1 is 1.12 bits per heavy atom. The van der Waals surface area contributed by atoms with E-state index in [1.54, 1.807) is 29.8 Å². The molecule has 1 N–H and O–H groups in total. The third-order valence-corrected chi connectivity index (χ3v) is 6.01. The number of carbonyl (C=O) groups excluding carboxylic acids is 1. The first-order valence-electron chi connectivity index (χ1n) is 10.2. The maximum Gasteiger partial charge on any atom is 0.263 e. The molecule has 9 nitrogen and oxygen atoms in total. The van der Waals surface area contributed by atoms with E-state index in [0.717, 1.165) is 13.0 Å². The van der Waals surface area contributed by atoms with Crippen molar-refractivity contribution < 1.29 is 18.3 Å². The van der Waals surface area contributed by atoms with E-state index < -0.39 is 6.43 Å². The van der Waals surface area contributed by atoms with Gasteiger partial charge in [-0.3, -0.25) is 4.79 Å². The van der Waals surface area contributed by atoms with Crippen molar-refractivity contribution in [3.8, 4) is 11.6 Å². The van der Waals surface area contributed by atoms with Crippen LogP contribution in [0.15, 0.2) is 36.4 Å². The summed E-state index contributed by atoms with van der Waals surface area (Å²) in [5, 5.41) is 19.4. The third-order valence-electron chi connectivity index (χ3n) is 6.01. The van der Waals surface area contributed by atoms with Gasteiger partial charge in [-0.1, -0.05) is 17.3 Å². The highest BCUT2D eigenvalue weighted by Gasteiger charge is 2.52. The Morgan fingerprint density at radius 2 is 1.91 bits per heavy atom. The monoisotopic (exact) mass is 441 g/mol. The second-order valence-corrected chi connectivity index (χ2v) is 8.09. The largest absolute Gasteiger partial charge is 0.470 e. The Balaban J connectivity index is 1.24. The van der Waals surface area contributed by atoms with Crippen LogP contribution in [0.2, 0.25) is 0 Å². The van der Waals surface area contributed by atoms with Crippen LogP contribution in [0.25, 0.3) is 5.69 Å². The molecule has 3 aromatic rings. The van der Waals surface area contributed by atoms with Crippen LogP contribution in [0, 0.1) is 12.3 Å². The molecule has 2 fully saturated rings. The van der Waals surface area contributed by atoms with E-state index in [1.165, 1.54) is 12.1 Å². The molecule has 2 aliphatic rings. The topological polar surface area (TPSA) is 98.1 Å². The Hall–Kier alpha value is -3.63. The summed E-state index contributed by atoms with van der Waals surface area (Å²) in [6.45, 7) is 3.94. The van der Waals surface area contributed by atoms with E-state index in [2.05, 4.69) is 25.8 Å². The van der Waals surface area contributed by atoms with Crippen molar-refractivity contribution in [1.82, 2.24) is 30.5 Å². The summed E-state index contributed by atoms with van der Waals surface area (Å²) in [6.07, 6.45) is -1.67. The summed E-state index contributed by atoms with van der Waals surface area (Å²) in [7, 11) is 0. The van der Waals surface area contributed by atoms with Crippen LogP contribution in [0.4, 0.5) is 14.6 Å². The zero-order valence-electron chi connectivity index (χ0n) is 17.3. The van der Waals surface area contributed by atoms with Gasteiger partial charge < -0.3 is 15.0 Å². The SMILES string of the molecule is Cc1nnn(-c2ccc(C(F)F)cc2)c1COc1ccc(N2CC3(CCNC3=O)C2)nn1. The minimum absolute atomic E-state index is 0.0552. The fourth-order valence-corrected chi connectivity index (χ4v) is 4.08. The molecular weight excluding hydrogens is 420 g/mol. The molecule has 166 valence electrons. The van der Waals surface area contributed by atoms with E-state index in [1.807, 2.05) is 11.0 Å². The van der Waals surface area contributed by atoms with Crippen molar-refractivity contribution in [3.05, 3.63) is 53.3 Å². The summed E-state index contributed by atoms with van der Waals surface area (Å²) < 4.78 is 32.9. The number of benzene rings is 1. The Morgan fingerprint density at radius 3 is 2.53 bits per heavy atom. The number of anilines is 1. The number of carbonyl (C=O) groups is 1. The second kappa shape index (κ2) is 7.81. The van der Waals surface area contributed by atoms with Crippen molar-refractivity contribution in [2.24, 2.45) is 5.41 Å². The first kappa shape index (κ1) is 20.3. The van der Waals surface area contributed by atoms with Crippen molar-refractivity contribution in [2.75, 3.05) is 24.5 Å². The number of alkyl halides is 2. The van der Waals surface area contributed by atoms with E-state index in [-0.39, 0.29) is 23.5 Å². The third kappa shape index (κ3) is 3.53. The fraction of sp³-hybridized carbons (Fsp3) is 0.381. The molecule has 32 heavy (non-hydrogen) atoms. The minimum atomic E-state index is -2.53. The molecule has 2 aliphatic heterocycles. The van der Waals surface area contributed by atoms with Crippen LogP contribution in [0.5, 0.6) is 5.88 Å². The van der Waals surface area contributed by atoms with Gasteiger partial charge in [0.05, 0.1) is 16.8 Å². The number of aryl methyl sites for hydroxylation is 1. The maximum absolute atomic E-state index is 12.8. The zero-order chi connectivity index (χ0) is 22.3. The van der Waals surface area contributed by atoms with Crippen molar-refractivity contribution in [3.63, 3.8) is 0 Å². The molecule has 5 rings (SSSR count). The molecule has 1 spiro atoms. The minimum Gasteiger partial charge on any atom is -0.470 e. The molecule has 0 radical (unpaired) electrons. The lowest BCUT2D eigenvalue weighted by Crippen LogP contribution is -2.60. The van der Waals surface area contributed by atoms with Gasteiger partial charge in [0.15, 0.2) is 5.82 Å². The highest BCUT2D eigenvalue weighted by molar-refractivity contribution is 5.88. The maximum atomic E-state index is 12.8. The number of amides is 1. The van der Waals surface area contributed by atoms with Gasteiger partial charge in [0.1, 0.15) is 12.3 Å². The Labute approximate surface area is 182 Å². The van der Waals surface area contributed by atoms with Crippen molar-refractivity contribution in [2.45, 2.75) is 26.4 Å². The van der Waals surface area contributed by atoms with E-state index >= 15 is 0 Å². The molecule has 0 unspecified atom stereocenters. The van der Waals surface area contributed by atoms with Gasteiger partial charge in [0, 0.05) is 31.3 Å². The molecular formula is C21H21F2N7O2. The number of rotatable bonds is 6. The molecule has 2 aromatic heterocycles. The standard InChI is InChI=1S/C21H21F2N7O2/c1-13-16(30(28-25-13)15-4-2-14(3-5-15)19(22)23)10-32-18-7-6-17(26-27-18)29-11-21(12-29)8-9-24-20(21)31/h2-7,19H,8-12H2,1H3,(H,24,31). The van der Waals surface area contributed by atoms with Gasteiger partial charge in [-0.2, -0.15) is 0 Å². The lowest BCUT2D eigenvalue weighted by Gasteiger charge is -2.46.